The van der Waals surface area contributed by atoms with Crippen LogP contribution in [0.2, 0.25) is 0 Å². The maximum Gasteiger partial charge on any atom is 0.0122 e. The third-order valence-corrected chi connectivity index (χ3v) is 4.83. The molecule has 2 fully saturated rings. The Bertz CT molecular complexity index is 236. The van der Waals surface area contributed by atoms with E-state index in [9.17, 15) is 0 Å². The predicted octanol–water partition coefficient (Wildman–Crippen LogP) is 1.57. The molecule has 2 rings (SSSR count). The van der Waals surface area contributed by atoms with E-state index >= 15 is 0 Å². The highest BCUT2D eigenvalue weighted by Crippen LogP contribution is 2.24. The van der Waals surface area contributed by atoms with Crippen LogP contribution < -0.4 is 11.1 Å². The molecule has 3 heteroatoms. The highest BCUT2D eigenvalue weighted by molar-refractivity contribution is 4.89. The Labute approximate surface area is 106 Å². The molecule has 1 aliphatic heterocycles. The van der Waals surface area contributed by atoms with Crippen LogP contribution in [-0.2, 0) is 0 Å². The molecule has 3 N–H and O–H groups in total. The molecule has 100 valence electrons. The van der Waals surface area contributed by atoms with E-state index in [4.69, 9.17) is 5.73 Å². The Balaban J connectivity index is 1.82. The average Bonchev–Trinajstić information content (AvgIpc) is 2.29. The number of piperidine rings is 1. The van der Waals surface area contributed by atoms with E-state index in [2.05, 4.69) is 31.1 Å². The van der Waals surface area contributed by atoms with Crippen molar-refractivity contribution in [3.63, 3.8) is 0 Å². The van der Waals surface area contributed by atoms with Crippen molar-refractivity contribution >= 4 is 0 Å². The van der Waals surface area contributed by atoms with Crippen LogP contribution in [0.1, 0.15) is 46.0 Å². The van der Waals surface area contributed by atoms with Crippen LogP contribution in [0.15, 0.2) is 0 Å². The zero-order chi connectivity index (χ0) is 12.4. The minimum atomic E-state index is 0.460. The van der Waals surface area contributed by atoms with Gasteiger partial charge >= 0.3 is 0 Å². The van der Waals surface area contributed by atoms with E-state index in [1.807, 2.05) is 0 Å². The summed E-state index contributed by atoms with van der Waals surface area (Å²) in [5.41, 5.74) is 5.96. The number of rotatable bonds is 2. The minimum Gasteiger partial charge on any atom is -0.328 e. The van der Waals surface area contributed by atoms with Crippen molar-refractivity contribution in [3.05, 3.63) is 0 Å². The van der Waals surface area contributed by atoms with E-state index in [0.717, 1.165) is 18.0 Å². The number of nitrogens with one attached hydrogen (secondary N) is 1. The molecule has 1 saturated heterocycles. The summed E-state index contributed by atoms with van der Waals surface area (Å²) in [4.78, 5) is 2.49. The fourth-order valence-corrected chi connectivity index (χ4v) is 3.36. The monoisotopic (exact) mass is 239 g/mol. The zero-order valence-electron chi connectivity index (χ0n) is 11.7. The first kappa shape index (κ1) is 13.3. The zero-order valence-corrected chi connectivity index (χ0v) is 11.7. The fourth-order valence-electron chi connectivity index (χ4n) is 3.36. The summed E-state index contributed by atoms with van der Waals surface area (Å²) in [7, 11) is 2.25. The molecule has 3 unspecified atom stereocenters. The van der Waals surface area contributed by atoms with Crippen LogP contribution in [0.4, 0.5) is 0 Å². The van der Waals surface area contributed by atoms with Gasteiger partial charge in [-0.3, -0.25) is 0 Å². The Hall–Kier alpha value is -0.120. The first-order chi connectivity index (χ1) is 8.06. The maximum atomic E-state index is 5.96. The Morgan fingerprint density at radius 3 is 2.41 bits per heavy atom. The van der Waals surface area contributed by atoms with E-state index in [0.29, 0.717) is 12.1 Å². The van der Waals surface area contributed by atoms with Crippen molar-refractivity contribution < 1.29 is 0 Å². The topological polar surface area (TPSA) is 41.3 Å². The first-order valence-corrected chi connectivity index (χ1v) is 7.28. The largest absolute Gasteiger partial charge is 0.328 e. The normalized spacial score (nSPS) is 44.8. The molecule has 1 saturated carbocycles. The van der Waals surface area contributed by atoms with Crippen molar-refractivity contribution in [1.82, 2.24) is 10.2 Å². The van der Waals surface area contributed by atoms with Gasteiger partial charge in [0, 0.05) is 30.7 Å². The van der Waals surface area contributed by atoms with Crippen LogP contribution in [0.5, 0.6) is 0 Å². The Kier molecular flexibility index (Phi) is 4.45. The molecule has 1 aliphatic carbocycles. The summed E-state index contributed by atoms with van der Waals surface area (Å²) < 4.78 is 0. The van der Waals surface area contributed by atoms with Crippen molar-refractivity contribution in [2.24, 2.45) is 11.7 Å². The van der Waals surface area contributed by atoms with Gasteiger partial charge in [-0.05, 0) is 52.0 Å². The van der Waals surface area contributed by atoms with Gasteiger partial charge in [0.15, 0.2) is 0 Å². The lowest BCUT2D eigenvalue weighted by molar-refractivity contribution is 0.111. The number of likely N-dealkylation sites (tertiary alicyclic amines) is 1. The molecule has 2 aliphatic rings. The molecule has 0 bridgehead atoms. The first-order valence-electron chi connectivity index (χ1n) is 7.28. The maximum absolute atomic E-state index is 5.96. The summed E-state index contributed by atoms with van der Waals surface area (Å²) in [6, 6.07) is 2.61. The number of hydrogen-bond acceptors (Lipinski definition) is 3. The van der Waals surface area contributed by atoms with Gasteiger partial charge in [0.1, 0.15) is 0 Å². The molecule has 3 atom stereocenters. The van der Waals surface area contributed by atoms with Crippen LogP contribution in [0.25, 0.3) is 0 Å². The second-order valence-corrected chi connectivity index (χ2v) is 6.39. The summed E-state index contributed by atoms with van der Waals surface area (Å²) in [6.45, 7) is 5.96. The van der Waals surface area contributed by atoms with E-state index < -0.39 is 0 Å². The van der Waals surface area contributed by atoms with Gasteiger partial charge in [-0.1, -0.05) is 6.92 Å². The molecule has 0 aromatic carbocycles. The lowest BCUT2D eigenvalue weighted by Crippen LogP contribution is -2.54. The van der Waals surface area contributed by atoms with Gasteiger partial charge in [-0.2, -0.15) is 0 Å². The number of hydrogen-bond donors (Lipinski definition) is 2. The van der Waals surface area contributed by atoms with E-state index in [-0.39, 0.29) is 0 Å². The molecule has 0 aromatic heterocycles. The highest BCUT2D eigenvalue weighted by Gasteiger charge is 2.31. The second-order valence-electron chi connectivity index (χ2n) is 6.39. The van der Waals surface area contributed by atoms with Crippen molar-refractivity contribution in [2.75, 3.05) is 13.6 Å². The quantitative estimate of drug-likeness (QED) is 0.768. The molecule has 17 heavy (non-hydrogen) atoms. The fraction of sp³-hybridized carbons (Fsp3) is 1.00. The molecule has 1 heterocycles. The van der Waals surface area contributed by atoms with Crippen LogP contribution in [0.3, 0.4) is 0 Å². The molecule has 0 aromatic rings. The lowest BCUT2D eigenvalue weighted by Gasteiger charge is -2.42. The van der Waals surface area contributed by atoms with Crippen LogP contribution in [0, 0.1) is 5.92 Å². The van der Waals surface area contributed by atoms with Crippen molar-refractivity contribution in [1.29, 1.82) is 0 Å². The molecule has 0 spiro atoms. The number of nitrogens with zero attached hydrogens (tertiary/aromatic N) is 1. The standard InChI is InChI=1S/C14H29N3/c1-10-9-17(3)11(2)8-14(10)16-13-6-4-12(15)5-7-13/h10-14,16H,4-9,15H2,1-3H3. The minimum absolute atomic E-state index is 0.460. The third-order valence-electron chi connectivity index (χ3n) is 4.83. The molecular formula is C14H29N3. The predicted molar refractivity (Wildman–Crippen MR) is 73.0 cm³/mol. The molecule has 0 amide bonds. The molecule has 3 nitrogen and oxygen atoms in total. The second kappa shape index (κ2) is 5.68. The van der Waals surface area contributed by atoms with Crippen molar-refractivity contribution in [3.8, 4) is 0 Å². The van der Waals surface area contributed by atoms with E-state index in [1.165, 1.54) is 38.6 Å². The van der Waals surface area contributed by atoms with Gasteiger partial charge in [0.25, 0.3) is 0 Å². The van der Waals surface area contributed by atoms with Gasteiger partial charge in [0.05, 0.1) is 0 Å². The third kappa shape index (κ3) is 3.43. The summed E-state index contributed by atoms with van der Waals surface area (Å²) in [5.74, 6) is 0.770. The van der Waals surface area contributed by atoms with Gasteiger partial charge in [0.2, 0.25) is 0 Å². The van der Waals surface area contributed by atoms with Gasteiger partial charge in [-0.15, -0.1) is 0 Å². The summed E-state index contributed by atoms with van der Waals surface area (Å²) in [6.07, 6.45) is 6.24. The summed E-state index contributed by atoms with van der Waals surface area (Å²) >= 11 is 0. The van der Waals surface area contributed by atoms with E-state index in [1.54, 1.807) is 0 Å². The number of nitrogens with two attached hydrogens (primary N) is 1. The molecule has 0 radical (unpaired) electrons. The smallest absolute Gasteiger partial charge is 0.0122 e. The SMILES string of the molecule is CC1CN(C)C(C)CC1NC1CCC(N)CC1. The summed E-state index contributed by atoms with van der Waals surface area (Å²) in [5, 5.41) is 3.90. The molecular weight excluding hydrogens is 210 g/mol. The Morgan fingerprint density at radius 2 is 1.76 bits per heavy atom. The lowest BCUT2D eigenvalue weighted by atomic mass is 9.86. The van der Waals surface area contributed by atoms with Crippen molar-refractivity contribution in [2.45, 2.75) is 70.1 Å². The average molecular weight is 239 g/mol. The van der Waals surface area contributed by atoms with Crippen LogP contribution >= 0.6 is 0 Å². The highest BCUT2D eigenvalue weighted by atomic mass is 15.2. The van der Waals surface area contributed by atoms with Crippen LogP contribution in [-0.4, -0.2) is 42.7 Å². The Morgan fingerprint density at radius 1 is 1.12 bits per heavy atom. The van der Waals surface area contributed by atoms with Gasteiger partial charge < -0.3 is 16.0 Å². The van der Waals surface area contributed by atoms with Gasteiger partial charge in [-0.25, -0.2) is 0 Å².